The smallest absolute Gasteiger partial charge is 0.0932 e. The molecular formula is C16H18N4S. The Labute approximate surface area is 128 Å². The van der Waals surface area contributed by atoms with E-state index < -0.39 is 0 Å². The number of nitrogens with zero attached hydrogens (tertiary/aromatic N) is 3. The minimum absolute atomic E-state index is 0.846. The van der Waals surface area contributed by atoms with Crippen molar-refractivity contribution in [2.75, 3.05) is 7.05 Å². The molecule has 3 heterocycles. The Morgan fingerprint density at radius 2 is 2.19 bits per heavy atom. The van der Waals surface area contributed by atoms with Crippen LogP contribution in [-0.4, -0.2) is 27.1 Å². The Morgan fingerprint density at radius 3 is 2.95 bits per heavy atom. The molecule has 0 saturated carbocycles. The second-order valence-electron chi connectivity index (χ2n) is 5.26. The van der Waals surface area contributed by atoms with E-state index in [0.717, 1.165) is 24.5 Å². The van der Waals surface area contributed by atoms with Gasteiger partial charge in [0.15, 0.2) is 0 Å². The van der Waals surface area contributed by atoms with Gasteiger partial charge in [0, 0.05) is 42.1 Å². The fraction of sp³-hybridized carbons (Fsp3) is 0.250. The van der Waals surface area contributed by atoms with Gasteiger partial charge in [-0.2, -0.15) is 16.4 Å². The minimum atomic E-state index is 0.846. The molecule has 0 aliphatic rings. The average molecular weight is 298 g/mol. The monoisotopic (exact) mass is 298 g/mol. The molecule has 1 N–H and O–H groups in total. The standard InChI is InChI=1S/C16H18N4S/c1-12-8-17-5-3-13(12)9-20(2)10-15-7-16(19-18-15)14-4-6-21-11-14/h3-8,11H,9-10H2,1-2H3,(H,18,19). The molecule has 0 saturated heterocycles. The summed E-state index contributed by atoms with van der Waals surface area (Å²) in [5.74, 6) is 0. The fourth-order valence-electron chi connectivity index (χ4n) is 2.32. The number of rotatable bonds is 5. The first-order chi connectivity index (χ1) is 10.2. The fourth-order valence-corrected chi connectivity index (χ4v) is 2.97. The maximum absolute atomic E-state index is 4.38. The Balaban J connectivity index is 1.65. The van der Waals surface area contributed by atoms with Crippen molar-refractivity contribution in [3.63, 3.8) is 0 Å². The lowest BCUT2D eigenvalue weighted by atomic mass is 10.1. The number of pyridine rings is 1. The Hall–Kier alpha value is -1.98. The maximum atomic E-state index is 4.38. The first kappa shape index (κ1) is 14.0. The summed E-state index contributed by atoms with van der Waals surface area (Å²) in [5.41, 5.74) is 5.86. The highest BCUT2D eigenvalue weighted by molar-refractivity contribution is 7.08. The van der Waals surface area contributed by atoms with Crippen molar-refractivity contribution < 1.29 is 0 Å². The summed E-state index contributed by atoms with van der Waals surface area (Å²) in [5, 5.41) is 11.7. The molecule has 21 heavy (non-hydrogen) atoms. The molecule has 108 valence electrons. The lowest BCUT2D eigenvalue weighted by molar-refractivity contribution is 0.314. The van der Waals surface area contributed by atoms with Gasteiger partial charge in [0.05, 0.1) is 5.69 Å². The molecule has 5 heteroatoms. The van der Waals surface area contributed by atoms with Crippen LogP contribution in [0.25, 0.3) is 11.3 Å². The third kappa shape index (κ3) is 3.37. The van der Waals surface area contributed by atoms with Crippen LogP contribution in [0.5, 0.6) is 0 Å². The van der Waals surface area contributed by atoms with Crippen LogP contribution in [0.15, 0.2) is 41.4 Å². The van der Waals surface area contributed by atoms with E-state index in [0.29, 0.717) is 0 Å². The van der Waals surface area contributed by atoms with Crippen LogP contribution in [0.1, 0.15) is 16.8 Å². The van der Waals surface area contributed by atoms with E-state index in [4.69, 9.17) is 0 Å². The Bertz CT molecular complexity index is 703. The zero-order chi connectivity index (χ0) is 14.7. The van der Waals surface area contributed by atoms with Gasteiger partial charge in [0.25, 0.3) is 0 Å². The quantitative estimate of drug-likeness (QED) is 0.784. The lowest BCUT2D eigenvalue weighted by Gasteiger charge is -2.16. The Kier molecular flexibility index (Phi) is 4.13. The topological polar surface area (TPSA) is 44.8 Å². The molecule has 0 bridgehead atoms. The molecule has 0 aliphatic heterocycles. The number of aryl methyl sites for hydroxylation is 1. The molecule has 0 amide bonds. The van der Waals surface area contributed by atoms with Crippen LogP contribution in [0.2, 0.25) is 0 Å². The molecule has 0 aromatic carbocycles. The van der Waals surface area contributed by atoms with Crippen LogP contribution in [0, 0.1) is 6.92 Å². The van der Waals surface area contributed by atoms with Crippen LogP contribution >= 0.6 is 11.3 Å². The molecule has 0 radical (unpaired) electrons. The second-order valence-corrected chi connectivity index (χ2v) is 6.04. The average Bonchev–Trinajstić information content (AvgIpc) is 3.12. The zero-order valence-electron chi connectivity index (χ0n) is 12.2. The number of aromatic amines is 1. The van der Waals surface area contributed by atoms with Gasteiger partial charge in [-0.15, -0.1) is 0 Å². The maximum Gasteiger partial charge on any atom is 0.0932 e. The van der Waals surface area contributed by atoms with E-state index in [1.165, 1.54) is 16.7 Å². The van der Waals surface area contributed by atoms with Crippen LogP contribution in [0.3, 0.4) is 0 Å². The Morgan fingerprint density at radius 1 is 1.29 bits per heavy atom. The zero-order valence-corrected chi connectivity index (χ0v) is 13.0. The number of nitrogens with one attached hydrogen (secondary N) is 1. The number of aromatic nitrogens is 3. The highest BCUT2D eigenvalue weighted by Crippen LogP contribution is 2.21. The summed E-state index contributed by atoms with van der Waals surface area (Å²) in [6.07, 6.45) is 3.76. The minimum Gasteiger partial charge on any atom is -0.296 e. The predicted molar refractivity (Wildman–Crippen MR) is 86.0 cm³/mol. The van der Waals surface area contributed by atoms with Gasteiger partial charge >= 0.3 is 0 Å². The molecule has 4 nitrogen and oxygen atoms in total. The number of hydrogen-bond acceptors (Lipinski definition) is 4. The summed E-state index contributed by atoms with van der Waals surface area (Å²) >= 11 is 1.69. The molecular weight excluding hydrogens is 280 g/mol. The molecule has 0 aliphatic carbocycles. The van der Waals surface area contributed by atoms with Gasteiger partial charge in [-0.05, 0) is 48.7 Å². The van der Waals surface area contributed by atoms with Crippen LogP contribution in [-0.2, 0) is 13.1 Å². The van der Waals surface area contributed by atoms with Gasteiger partial charge in [-0.1, -0.05) is 0 Å². The third-order valence-corrected chi connectivity index (χ3v) is 4.15. The van der Waals surface area contributed by atoms with Crippen molar-refractivity contribution in [2.45, 2.75) is 20.0 Å². The summed E-state index contributed by atoms with van der Waals surface area (Å²) in [4.78, 5) is 6.41. The van der Waals surface area contributed by atoms with Crippen molar-refractivity contribution in [2.24, 2.45) is 0 Å². The SMILES string of the molecule is Cc1cnccc1CN(C)Cc1cc(-c2ccsc2)n[nH]1. The van der Waals surface area contributed by atoms with Crippen molar-refractivity contribution in [3.8, 4) is 11.3 Å². The lowest BCUT2D eigenvalue weighted by Crippen LogP contribution is -2.18. The van der Waals surface area contributed by atoms with Crippen molar-refractivity contribution in [1.82, 2.24) is 20.1 Å². The molecule has 3 aromatic heterocycles. The van der Waals surface area contributed by atoms with Crippen molar-refractivity contribution >= 4 is 11.3 Å². The van der Waals surface area contributed by atoms with E-state index in [-0.39, 0.29) is 0 Å². The van der Waals surface area contributed by atoms with Gasteiger partial charge in [-0.3, -0.25) is 15.0 Å². The molecule has 3 aromatic rings. The van der Waals surface area contributed by atoms with Crippen molar-refractivity contribution in [1.29, 1.82) is 0 Å². The molecule has 0 fully saturated rings. The predicted octanol–water partition coefficient (Wildman–Crippen LogP) is 3.47. The summed E-state index contributed by atoms with van der Waals surface area (Å²) < 4.78 is 0. The molecule has 0 unspecified atom stereocenters. The second kappa shape index (κ2) is 6.20. The summed E-state index contributed by atoms with van der Waals surface area (Å²) in [6.45, 7) is 3.85. The van der Waals surface area contributed by atoms with E-state index in [1.807, 2.05) is 12.4 Å². The van der Waals surface area contributed by atoms with Crippen LogP contribution in [0.4, 0.5) is 0 Å². The normalized spacial score (nSPS) is 11.2. The number of thiophene rings is 1. The number of hydrogen-bond donors (Lipinski definition) is 1. The van der Waals surface area contributed by atoms with E-state index in [2.05, 4.69) is 63.0 Å². The molecule has 0 spiro atoms. The van der Waals surface area contributed by atoms with Crippen LogP contribution < -0.4 is 0 Å². The number of H-pyrrole nitrogens is 1. The highest BCUT2D eigenvalue weighted by Gasteiger charge is 2.08. The van der Waals surface area contributed by atoms with E-state index >= 15 is 0 Å². The first-order valence-corrected chi connectivity index (χ1v) is 7.81. The highest BCUT2D eigenvalue weighted by atomic mass is 32.1. The van der Waals surface area contributed by atoms with E-state index in [9.17, 15) is 0 Å². The molecule has 3 rings (SSSR count). The van der Waals surface area contributed by atoms with E-state index in [1.54, 1.807) is 11.3 Å². The summed E-state index contributed by atoms with van der Waals surface area (Å²) in [7, 11) is 2.12. The molecule has 0 atom stereocenters. The third-order valence-electron chi connectivity index (χ3n) is 3.46. The van der Waals surface area contributed by atoms with Gasteiger partial charge in [0.1, 0.15) is 0 Å². The largest absolute Gasteiger partial charge is 0.296 e. The first-order valence-electron chi connectivity index (χ1n) is 6.87. The van der Waals surface area contributed by atoms with Gasteiger partial charge in [0.2, 0.25) is 0 Å². The van der Waals surface area contributed by atoms with Gasteiger partial charge in [-0.25, -0.2) is 0 Å². The van der Waals surface area contributed by atoms with Gasteiger partial charge < -0.3 is 0 Å². The van der Waals surface area contributed by atoms with Crippen molar-refractivity contribution in [3.05, 3.63) is 58.2 Å². The summed E-state index contributed by atoms with van der Waals surface area (Å²) in [6, 6.07) is 6.29.